The Balaban J connectivity index is 2.49. The molecule has 0 amide bonds. The minimum Gasteiger partial charge on any atom is -0.494 e. The Morgan fingerprint density at radius 2 is 1.85 bits per heavy atom. The lowest BCUT2D eigenvalue weighted by Gasteiger charge is -2.21. The van der Waals surface area contributed by atoms with E-state index in [4.69, 9.17) is 4.74 Å². The maximum absolute atomic E-state index is 14.0. The predicted octanol–water partition coefficient (Wildman–Crippen LogP) is 3.67. The van der Waals surface area contributed by atoms with Crippen LogP contribution in [0.1, 0.15) is 24.1 Å². The maximum Gasteiger partial charge on any atom is 0.128 e. The van der Waals surface area contributed by atoms with E-state index in [0.717, 1.165) is 17.7 Å². The van der Waals surface area contributed by atoms with Crippen LogP contribution < -0.4 is 10.1 Å². The van der Waals surface area contributed by atoms with Crippen molar-refractivity contribution in [2.24, 2.45) is 0 Å². The van der Waals surface area contributed by atoms with Gasteiger partial charge in [0.15, 0.2) is 0 Å². The van der Waals surface area contributed by atoms with Gasteiger partial charge in [-0.25, -0.2) is 8.78 Å². The molecule has 0 aliphatic heterocycles. The van der Waals surface area contributed by atoms with E-state index >= 15 is 0 Å². The fraction of sp³-hybridized carbons (Fsp3) is 0.250. The van der Waals surface area contributed by atoms with Gasteiger partial charge in [-0.2, -0.15) is 0 Å². The van der Waals surface area contributed by atoms with Gasteiger partial charge in [0.05, 0.1) is 12.6 Å². The van der Waals surface area contributed by atoms with Crippen molar-refractivity contribution in [2.75, 3.05) is 13.7 Å². The highest BCUT2D eigenvalue weighted by atomic mass is 19.1. The molecule has 0 heterocycles. The molecule has 0 saturated heterocycles. The van der Waals surface area contributed by atoms with Gasteiger partial charge in [0.25, 0.3) is 0 Å². The topological polar surface area (TPSA) is 21.3 Å². The lowest BCUT2D eigenvalue weighted by atomic mass is 9.97. The van der Waals surface area contributed by atoms with Crippen molar-refractivity contribution in [1.29, 1.82) is 0 Å². The molecule has 0 saturated carbocycles. The van der Waals surface area contributed by atoms with Crippen LogP contribution in [-0.4, -0.2) is 13.7 Å². The smallest absolute Gasteiger partial charge is 0.128 e. The highest BCUT2D eigenvalue weighted by Crippen LogP contribution is 2.31. The van der Waals surface area contributed by atoms with E-state index < -0.39 is 17.7 Å². The van der Waals surface area contributed by atoms with Crippen LogP contribution in [0.5, 0.6) is 5.75 Å². The lowest BCUT2D eigenvalue weighted by Crippen LogP contribution is -2.20. The minimum atomic E-state index is -0.464. The summed E-state index contributed by atoms with van der Waals surface area (Å²) in [5.74, 6) is -0.245. The Hall–Kier alpha value is -1.94. The lowest BCUT2D eigenvalue weighted by molar-refractivity contribution is 0.333. The van der Waals surface area contributed by atoms with Crippen molar-refractivity contribution in [2.45, 2.75) is 13.0 Å². The molecule has 2 aromatic rings. The molecule has 2 aromatic carbocycles. The summed E-state index contributed by atoms with van der Waals surface area (Å²) in [7, 11) is 1.71. The van der Waals surface area contributed by atoms with Crippen molar-refractivity contribution < 1.29 is 13.5 Å². The number of nitrogens with one attached hydrogen (secondary N) is 1. The zero-order chi connectivity index (χ0) is 14.5. The van der Waals surface area contributed by atoms with Gasteiger partial charge in [0.1, 0.15) is 17.4 Å². The molecule has 2 rings (SSSR count). The molecular weight excluding hydrogens is 260 g/mol. The zero-order valence-corrected chi connectivity index (χ0v) is 11.5. The monoisotopic (exact) mass is 277 g/mol. The summed E-state index contributed by atoms with van der Waals surface area (Å²) in [6.07, 6.45) is 0. The van der Waals surface area contributed by atoms with Gasteiger partial charge < -0.3 is 10.1 Å². The summed E-state index contributed by atoms with van der Waals surface area (Å²) >= 11 is 0. The summed E-state index contributed by atoms with van der Waals surface area (Å²) in [5.41, 5.74) is 1.04. The van der Waals surface area contributed by atoms with Gasteiger partial charge in [0, 0.05) is 11.1 Å². The quantitative estimate of drug-likeness (QED) is 0.900. The fourth-order valence-electron chi connectivity index (χ4n) is 2.22. The fourth-order valence-corrected chi connectivity index (χ4v) is 2.22. The molecule has 1 atom stereocenters. The third-order valence-electron chi connectivity index (χ3n) is 3.09. The van der Waals surface area contributed by atoms with E-state index in [-0.39, 0.29) is 5.56 Å². The molecule has 0 bridgehead atoms. The van der Waals surface area contributed by atoms with Crippen LogP contribution in [-0.2, 0) is 0 Å². The van der Waals surface area contributed by atoms with E-state index in [9.17, 15) is 8.78 Å². The number of halogens is 2. The molecular formula is C16H17F2NO. The summed E-state index contributed by atoms with van der Waals surface area (Å²) in [6.45, 7) is 2.40. The van der Waals surface area contributed by atoms with E-state index in [1.807, 2.05) is 31.2 Å². The molecule has 0 radical (unpaired) electrons. The van der Waals surface area contributed by atoms with Crippen LogP contribution in [0.2, 0.25) is 0 Å². The zero-order valence-electron chi connectivity index (χ0n) is 11.5. The first-order valence-corrected chi connectivity index (χ1v) is 6.51. The molecule has 0 aliphatic rings. The first-order chi connectivity index (χ1) is 9.67. The number of hydrogen-bond donors (Lipinski definition) is 1. The molecule has 1 N–H and O–H groups in total. The Kier molecular flexibility index (Phi) is 4.69. The molecule has 1 unspecified atom stereocenters. The second-order valence-electron chi connectivity index (χ2n) is 4.36. The molecule has 2 nitrogen and oxygen atoms in total. The summed E-state index contributed by atoms with van der Waals surface area (Å²) < 4.78 is 32.9. The Labute approximate surface area is 117 Å². The van der Waals surface area contributed by atoms with Crippen molar-refractivity contribution in [3.8, 4) is 5.75 Å². The Bertz CT molecular complexity index is 586. The van der Waals surface area contributed by atoms with E-state index in [1.54, 1.807) is 7.05 Å². The predicted molar refractivity (Wildman–Crippen MR) is 74.9 cm³/mol. The van der Waals surface area contributed by atoms with Crippen LogP contribution >= 0.6 is 0 Å². The minimum absolute atomic E-state index is 0.264. The van der Waals surface area contributed by atoms with Gasteiger partial charge in [-0.3, -0.25) is 0 Å². The normalized spacial score (nSPS) is 12.2. The van der Waals surface area contributed by atoms with Crippen LogP contribution in [0, 0.1) is 11.6 Å². The van der Waals surface area contributed by atoms with Gasteiger partial charge >= 0.3 is 0 Å². The molecule has 0 aromatic heterocycles. The van der Waals surface area contributed by atoms with Crippen molar-refractivity contribution >= 4 is 0 Å². The molecule has 4 heteroatoms. The largest absolute Gasteiger partial charge is 0.494 e. The first kappa shape index (κ1) is 14.5. The average molecular weight is 277 g/mol. The van der Waals surface area contributed by atoms with Crippen LogP contribution in [0.15, 0.2) is 42.5 Å². The standard InChI is InChI=1S/C16H17F2NO/c1-3-20-15-7-5-4-6-12(15)16(19-2)13-10-11(17)8-9-14(13)18/h4-10,16,19H,3H2,1-2H3. The third-order valence-corrected chi connectivity index (χ3v) is 3.09. The SMILES string of the molecule is CCOc1ccccc1C(NC)c1cc(F)ccc1F. The number of para-hydroxylation sites is 1. The molecule has 106 valence electrons. The Morgan fingerprint density at radius 1 is 1.10 bits per heavy atom. The number of rotatable bonds is 5. The second-order valence-corrected chi connectivity index (χ2v) is 4.36. The van der Waals surface area contributed by atoms with Crippen molar-refractivity contribution in [3.05, 3.63) is 65.2 Å². The number of hydrogen-bond acceptors (Lipinski definition) is 2. The molecule has 20 heavy (non-hydrogen) atoms. The molecule has 0 aliphatic carbocycles. The number of ether oxygens (including phenoxy) is 1. The highest BCUT2D eigenvalue weighted by molar-refractivity contribution is 5.42. The summed E-state index contributed by atoms with van der Waals surface area (Å²) in [5, 5.41) is 3.01. The van der Waals surface area contributed by atoms with Gasteiger partial charge in [-0.1, -0.05) is 18.2 Å². The van der Waals surface area contributed by atoms with Crippen LogP contribution in [0.3, 0.4) is 0 Å². The first-order valence-electron chi connectivity index (χ1n) is 6.51. The Morgan fingerprint density at radius 3 is 2.55 bits per heavy atom. The van der Waals surface area contributed by atoms with Crippen LogP contribution in [0.4, 0.5) is 8.78 Å². The summed E-state index contributed by atoms with van der Waals surface area (Å²) in [6, 6.07) is 10.4. The number of benzene rings is 2. The second kappa shape index (κ2) is 6.48. The van der Waals surface area contributed by atoms with Crippen molar-refractivity contribution in [3.63, 3.8) is 0 Å². The molecule has 0 fully saturated rings. The van der Waals surface area contributed by atoms with E-state index in [1.165, 1.54) is 6.07 Å². The van der Waals surface area contributed by atoms with E-state index in [0.29, 0.717) is 12.4 Å². The summed E-state index contributed by atoms with van der Waals surface area (Å²) in [4.78, 5) is 0. The third kappa shape index (κ3) is 2.96. The van der Waals surface area contributed by atoms with E-state index in [2.05, 4.69) is 5.32 Å². The van der Waals surface area contributed by atoms with Crippen LogP contribution in [0.25, 0.3) is 0 Å². The highest BCUT2D eigenvalue weighted by Gasteiger charge is 2.20. The molecule has 0 spiro atoms. The van der Waals surface area contributed by atoms with Gasteiger partial charge in [-0.15, -0.1) is 0 Å². The maximum atomic E-state index is 14.0. The van der Waals surface area contributed by atoms with Gasteiger partial charge in [0.2, 0.25) is 0 Å². The van der Waals surface area contributed by atoms with Crippen molar-refractivity contribution in [1.82, 2.24) is 5.32 Å². The average Bonchev–Trinajstić information content (AvgIpc) is 2.45. The van der Waals surface area contributed by atoms with Gasteiger partial charge in [-0.05, 0) is 38.2 Å².